The smallest absolute Gasteiger partial charge is 0.412 e. The van der Waals surface area contributed by atoms with Crippen LogP contribution in [-0.2, 0) is 16.0 Å². The van der Waals surface area contributed by atoms with Gasteiger partial charge in [-0.3, -0.25) is 10.1 Å². The topological polar surface area (TPSA) is 111 Å². The Morgan fingerprint density at radius 1 is 1.06 bits per heavy atom. The number of carbonyl (C=O) groups excluding carboxylic acids is 1. The van der Waals surface area contributed by atoms with Crippen molar-refractivity contribution in [3.63, 3.8) is 0 Å². The summed E-state index contributed by atoms with van der Waals surface area (Å²) in [5.41, 5.74) is 2.85. The number of anilines is 1. The maximum Gasteiger partial charge on any atom is 0.412 e. The summed E-state index contributed by atoms with van der Waals surface area (Å²) in [5, 5.41) is 16.3. The number of halogens is 1. The number of aryl methyl sites for hydroxylation is 1. The van der Waals surface area contributed by atoms with Crippen molar-refractivity contribution in [2.45, 2.75) is 26.4 Å². The van der Waals surface area contributed by atoms with Gasteiger partial charge in [0, 0.05) is 16.1 Å². The molecular formula is C27H23ClN2O6. The van der Waals surface area contributed by atoms with Crippen molar-refractivity contribution < 1.29 is 28.7 Å². The van der Waals surface area contributed by atoms with E-state index < -0.39 is 18.2 Å². The molecule has 1 atom stereocenters. The van der Waals surface area contributed by atoms with Crippen LogP contribution in [0.4, 0.5) is 10.5 Å². The molecule has 8 nitrogen and oxygen atoms in total. The second-order valence-corrected chi connectivity index (χ2v) is 8.41. The maximum absolute atomic E-state index is 12.6. The Morgan fingerprint density at radius 3 is 2.53 bits per heavy atom. The molecule has 0 fully saturated rings. The van der Waals surface area contributed by atoms with Crippen LogP contribution in [0.15, 0.2) is 77.3 Å². The van der Waals surface area contributed by atoms with Gasteiger partial charge < -0.3 is 19.1 Å². The van der Waals surface area contributed by atoms with E-state index in [4.69, 9.17) is 30.7 Å². The lowest BCUT2D eigenvalue weighted by atomic mass is 10.1. The number of carboxylic acids is 1. The van der Waals surface area contributed by atoms with Crippen molar-refractivity contribution in [3.05, 3.63) is 94.7 Å². The molecular weight excluding hydrogens is 484 g/mol. The third-order valence-electron chi connectivity index (χ3n) is 5.33. The Kier molecular flexibility index (Phi) is 7.56. The molecule has 184 valence electrons. The molecule has 0 aliphatic rings. The molecule has 9 heteroatoms. The maximum atomic E-state index is 12.6. The Balaban J connectivity index is 1.45. The van der Waals surface area contributed by atoms with Crippen molar-refractivity contribution in [3.8, 4) is 22.8 Å². The van der Waals surface area contributed by atoms with E-state index in [0.29, 0.717) is 50.4 Å². The quantitative estimate of drug-likeness (QED) is 0.264. The molecule has 4 aromatic rings. The zero-order chi connectivity index (χ0) is 25.7. The lowest BCUT2D eigenvalue weighted by Crippen LogP contribution is -2.17. The molecule has 1 amide bonds. The highest BCUT2D eigenvalue weighted by molar-refractivity contribution is 6.31. The van der Waals surface area contributed by atoms with Crippen LogP contribution in [-0.4, -0.2) is 22.3 Å². The molecule has 0 spiro atoms. The minimum Gasteiger partial charge on any atom is -0.481 e. The van der Waals surface area contributed by atoms with E-state index in [0.717, 1.165) is 0 Å². The van der Waals surface area contributed by atoms with E-state index in [1.165, 1.54) is 0 Å². The van der Waals surface area contributed by atoms with Gasteiger partial charge in [0.2, 0.25) is 0 Å². The van der Waals surface area contributed by atoms with E-state index in [-0.39, 0.29) is 6.42 Å². The molecule has 0 saturated carbocycles. The van der Waals surface area contributed by atoms with Crippen LogP contribution in [0, 0.1) is 6.92 Å². The number of aliphatic carboxylic acids is 1. The van der Waals surface area contributed by atoms with Gasteiger partial charge in [-0.1, -0.05) is 47.1 Å². The number of nitrogens with one attached hydrogen (secondary N) is 1. The summed E-state index contributed by atoms with van der Waals surface area (Å²) in [5.74, 6) is 0.583. The number of hydrogen-bond acceptors (Lipinski definition) is 6. The summed E-state index contributed by atoms with van der Waals surface area (Å²) in [6.45, 7) is 3.42. The van der Waals surface area contributed by atoms with Crippen molar-refractivity contribution >= 4 is 29.4 Å². The number of rotatable bonds is 8. The molecule has 0 unspecified atom stereocenters. The molecule has 2 N–H and O–H groups in total. The van der Waals surface area contributed by atoms with Crippen LogP contribution in [0.3, 0.4) is 0 Å². The first-order valence-electron chi connectivity index (χ1n) is 11.1. The van der Waals surface area contributed by atoms with Crippen LogP contribution >= 0.6 is 11.6 Å². The highest BCUT2D eigenvalue weighted by atomic mass is 35.5. The number of aromatic nitrogens is 1. The van der Waals surface area contributed by atoms with Crippen molar-refractivity contribution in [2.24, 2.45) is 0 Å². The highest BCUT2D eigenvalue weighted by Gasteiger charge is 2.20. The molecule has 1 heterocycles. The summed E-state index contributed by atoms with van der Waals surface area (Å²) in [6.07, 6.45) is -1.32. The minimum absolute atomic E-state index is 0.0863. The van der Waals surface area contributed by atoms with Crippen molar-refractivity contribution in [2.75, 3.05) is 5.32 Å². The van der Waals surface area contributed by atoms with E-state index in [2.05, 4.69) is 10.5 Å². The van der Waals surface area contributed by atoms with Gasteiger partial charge in [-0.25, -0.2) is 4.79 Å². The molecule has 0 radical (unpaired) electrons. The predicted octanol–water partition coefficient (Wildman–Crippen LogP) is 7.03. The van der Waals surface area contributed by atoms with E-state index in [1.54, 1.807) is 80.6 Å². The third-order valence-corrected chi connectivity index (χ3v) is 5.68. The average molecular weight is 507 g/mol. The van der Waals surface area contributed by atoms with E-state index in [1.807, 2.05) is 6.07 Å². The Hall–Kier alpha value is -4.30. The fraction of sp³-hybridized carbons (Fsp3) is 0.148. The van der Waals surface area contributed by atoms with Gasteiger partial charge in [0.15, 0.2) is 5.76 Å². The molecule has 4 rings (SSSR count). The predicted molar refractivity (Wildman–Crippen MR) is 135 cm³/mol. The van der Waals surface area contributed by atoms with Crippen LogP contribution in [0.1, 0.15) is 29.9 Å². The summed E-state index contributed by atoms with van der Waals surface area (Å²) in [6, 6.07) is 21.1. The second-order valence-electron chi connectivity index (χ2n) is 8.00. The second kappa shape index (κ2) is 11.0. The molecule has 36 heavy (non-hydrogen) atoms. The Labute approximate surface area is 212 Å². The molecule has 3 aromatic carbocycles. The third kappa shape index (κ3) is 6.03. The largest absolute Gasteiger partial charge is 0.481 e. The Morgan fingerprint density at radius 2 is 1.81 bits per heavy atom. The first-order chi connectivity index (χ1) is 17.3. The van der Waals surface area contributed by atoms with Gasteiger partial charge in [0.1, 0.15) is 29.0 Å². The Bertz CT molecular complexity index is 1380. The van der Waals surface area contributed by atoms with Crippen LogP contribution in [0.2, 0.25) is 5.02 Å². The summed E-state index contributed by atoms with van der Waals surface area (Å²) in [4.78, 5) is 23.5. The summed E-state index contributed by atoms with van der Waals surface area (Å²) >= 11 is 6.20. The van der Waals surface area contributed by atoms with Crippen LogP contribution in [0.5, 0.6) is 11.5 Å². The first kappa shape index (κ1) is 24.8. The molecule has 0 saturated heterocycles. The zero-order valence-electron chi connectivity index (χ0n) is 19.5. The first-order valence-corrected chi connectivity index (χ1v) is 11.5. The molecule has 0 bridgehead atoms. The average Bonchev–Trinajstić information content (AvgIpc) is 3.19. The molecule has 1 aromatic heterocycles. The van der Waals surface area contributed by atoms with Crippen molar-refractivity contribution in [1.82, 2.24) is 5.16 Å². The van der Waals surface area contributed by atoms with Gasteiger partial charge in [0.05, 0.1) is 6.42 Å². The van der Waals surface area contributed by atoms with Crippen LogP contribution in [0.25, 0.3) is 11.3 Å². The summed E-state index contributed by atoms with van der Waals surface area (Å²) in [7, 11) is 0. The number of carbonyl (C=O) groups is 2. The minimum atomic E-state index is -0.911. The monoisotopic (exact) mass is 506 g/mol. The lowest BCUT2D eigenvalue weighted by Gasteiger charge is -2.15. The van der Waals surface area contributed by atoms with Gasteiger partial charge >= 0.3 is 12.1 Å². The number of ether oxygens (including phenoxy) is 2. The fourth-order valence-corrected chi connectivity index (χ4v) is 3.88. The van der Waals surface area contributed by atoms with Gasteiger partial charge in [-0.2, -0.15) is 0 Å². The lowest BCUT2D eigenvalue weighted by molar-refractivity contribution is -0.136. The van der Waals surface area contributed by atoms with Crippen molar-refractivity contribution in [1.29, 1.82) is 0 Å². The van der Waals surface area contributed by atoms with Crippen LogP contribution < -0.4 is 10.1 Å². The van der Waals surface area contributed by atoms with E-state index in [9.17, 15) is 9.59 Å². The fourth-order valence-electron chi connectivity index (χ4n) is 3.59. The van der Waals surface area contributed by atoms with E-state index >= 15 is 0 Å². The zero-order valence-corrected chi connectivity index (χ0v) is 20.3. The molecule has 0 aliphatic carbocycles. The number of carboxylic acid groups (broad SMARTS) is 1. The molecule has 0 aliphatic heterocycles. The standard InChI is InChI=1S/C27H23ClN2O6/c1-16(22-8-3-4-9-23(22)28)34-27(33)29-25-17(2)36-30-26(25)19-10-12-20(13-11-19)35-21-7-5-6-18(14-21)15-24(31)32/h3-14,16H,15H2,1-2H3,(H,29,33)(H,31,32)/t16-/m1/s1. The SMILES string of the molecule is Cc1onc(-c2ccc(Oc3cccc(CC(=O)O)c3)cc2)c1NC(=O)O[C@H](C)c1ccccc1Cl. The summed E-state index contributed by atoms with van der Waals surface area (Å²) < 4.78 is 16.7. The van der Waals surface area contributed by atoms with Gasteiger partial charge in [-0.15, -0.1) is 0 Å². The normalized spacial score (nSPS) is 11.5. The highest BCUT2D eigenvalue weighted by Crippen LogP contribution is 2.33. The number of amides is 1. The number of benzene rings is 3. The van der Waals surface area contributed by atoms with Gasteiger partial charge in [0.25, 0.3) is 0 Å². The number of hydrogen-bond donors (Lipinski definition) is 2. The van der Waals surface area contributed by atoms with Gasteiger partial charge in [-0.05, 0) is 61.9 Å². The number of nitrogens with zero attached hydrogens (tertiary/aromatic N) is 1.